The molecule has 2 rings (SSSR count). The van der Waals surface area contributed by atoms with Crippen molar-refractivity contribution in [1.29, 1.82) is 0 Å². The minimum Gasteiger partial charge on any atom is -0.348 e. The second-order valence-corrected chi connectivity index (χ2v) is 5.48. The Morgan fingerprint density at radius 1 is 0.750 bits per heavy atom. The van der Waals surface area contributed by atoms with Crippen LogP contribution in [0, 0.1) is 5.82 Å². The number of carbonyl (C=O) groups is 2. The highest BCUT2D eigenvalue weighted by molar-refractivity contribution is 6.35. The number of halogens is 1. The van der Waals surface area contributed by atoms with Gasteiger partial charge in [-0.25, -0.2) is 4.39 Å². The van der Waals surface area contributed by atoms with E-state index in [9.17, 15) is 14.0 Å². The molecule has 0 aliphatic heterocycles. The Morgan fingerprint density at radius 2 is 1.33 bits per heavy atom. The molecular formula is C19H21FN2O2. The molecule has 0 saturated heterocycles. The van der Waals surface area contributed by atoms with Crippen LogP contribution >= 0.6 is 0 Å². The first-order valence-corrected chi connectivity index (χ1v) is 7.99. The number of benzene rings is 2. The molecule has 0 aliphatic rings. The molecule has 0 heterocycles. The Hall–Kier alpha value is -2.69. The van der Waals surface area contributed by atoms with Gasteiger partial charge in [-0.1, -0.05) is 42.5 Å². The monoisotopic (exact) mass is 328 g/mol. The highest BCUT2D eigenvalue weighted by atomic mass is 19.1. The van der Waals surface area contributed by atoms with Crippen LogP contribution in [0.15, 0.2) is 54.6 Å². The van der Waals surface area contributed by atoms with E-state index in [-0.39, 0.29) is 5.82 Å². The second-order valence-electron chi connectivity index (χ2n) is 5.48. The summed E-state index contributed by atoms with van der Waals surface area (Å²) >= 11 is 0. The van der Waals surface area contributed by atoms with Crippen molar-refractivity contribution in [2.45, 2.75) is 19.3 Å². The van der Waals surface area contributed by atoms with E-state index in [1.807, 2.05) is 30.3 Å². The van der Waals surface area contributed by atoms with Crippen molar-refractivity contribution >= 4 is 11.8 Å². The standard InChI is InChI=1S/C19H21FN2O2/c20-17-10-8-16(9-11-17)12-14-22-19(24)18(23)21-13-4-7-15-5-2-1-3-6-15/h1-3,5-6,8-11H,4,7,12-14H2,(H,21,23)(H,22,24). The molecule has 0 bridgehead atoms. The summed E-state index contributed by atoms with van der Waals surface area (Å²) < 4.78 is 12.8. The molecule has 5 heteroatoms. The summed E-state index contributed by atoms with van der Waals surface area (Å²) in [7, 11) is 0. The minimum absolute atomic E-state index is 0.294. The summed E-state index contributed by atoms with van der Waals surface area (Å²) in [4.78, 5) is 23.3. The molecule has 0 aliphatic carbocycles. The first kappa shape index (κ1) is 17.7. The Bertz CT molecular complexity index is 657. The molecule has 0 atom stereocenters. The van der Waals surface area contributed by atoms with Gasteiger partial charge in [0.2, 0.25) is 0 Å². The van der Waals surface area contributed by atoms with Crippen molar-refractivity contribution in [2.24, 2.45) is 0 Å². The average Bonchev–Trinajstić information content (AvgIpc) is 2.61. The van der Waals surface area contributed by atoms with Gasteiger partial charge in [-0.05, 0) is 42.5 Å². The maximum atomic E-state index is 12.8. The molecular weight excluding hydrogens is 307 g/mol. The summed E-state index contributed by atoms with van der Waals surface area (Å²) in [5.41, 5.74) is 2.11. The SMILES string of the molecule is O=C(NCCCc1ccccc1)C(=O)NCCc1ccc(F)cc1. The second kappa shape index (κ2) is 9.45. The minimum atomic E-state index is -0.642. The Balaban J connectivity index is 1.59. The molecule has 0 aromatic heterocycles. The number of nitrogens with one attached hydrogen (secondary N) is 2. The summed E-state index contributed by atoms with van der Waals surface area (Å²) in [6.45, 7) is 0.793. The molecule has 0 spiro atoms. The van der Waals surface area contributed by atoms with E-state index >= 15 is 0 Å². The zero-order chi connectivity index (χ0) is 17.2. The van der Waals surface area contributed by atoms with Crippen molar-refractivity contribution < 1.29 is 14.0 Å². The number of hydrogen-bond donors (Lipinski definition) is 2. The van der Waals surface area contributed by atoms with E-state index in [1.54, 1.807) is 12.1 Å². The molecule has 24 heavy (non-hydrogen) atoms. The summed E-state index contributed by atoms with van der Waals surface area (Å²) in [6.07, 6.45) is 2.18. The number of hydrogen-bond acceptors (Lipinski definition) is 2. The molecule has 2 amide bonds. The maximum Gasteiger partial charge on any atom is 0.309 e. The number of amides is 2. The molecule has 0 saturated carbocycles. The normalized spacial score (nSPS) is 10.2. The van der Waals surface area contributed by atoms with Crippen molar-refractivity contribution in [3.05, 3.63) is 71.5 Å². The fraction of sp³-hybridized carbons (Fsp3) is 0.263. The first-order chi connectivity index (χ1) is 11.6. The van der Waals surface area contributed by atoms with Crippen LogP contribution in [0.2, 0.25) is 0 Å². The fourth-order valence-electron chi connectivity index (χ4n) is 2.27. The van der Waals surface area contributed by atoms with Gasteiger partial charge >= 0.3 is 11.8 Å². The van der Waals surface area contributed by atoms with Crippen molar-refractivity contribution in [3.8, 4) is 0 Å². The Labute approximate surface area is 141 Å². The van der Waals surface area contributed by atoms with Crippen LogP contribution in [0.5, 0.6) is 0 Å². The van der Waals surface area contributed by atoms with E-state index < -0.39 is 11.8 Å². The quantitative estimate of drug-likeness (QED) is 0.605. The van der Waals surface area contributed by atoms with Crippen LogP contribution in [-0.2, 0) is 22.4 Å². The fourth-order valence-corrected chi connectivity index (χ4v) is 2.27. The van der Waals surface area contributed by atoms with Crippen LogP contribution in [0.3, 0.4) is 0 Å². The molecule has 4 nitrogen and oxygen atoms in total. The first-order valence-electron chi connectivity index (χ1n) is 7.99. The van der Waals surface area contributed by atoms with E-state index in [0.29, 0.717) is 19.5 Å². The molecule has 126 valence electrons. The smallest absolute Gasteiger partial charge is 0.309 e. The van der Waals surface area contributed by atoms with Gasteiger partial charge in [0.15, 0.2) is 0 Å². The van der Waals surface area contributed by atoms with Crippen LogP contribution in [0.25, 0.3) is 0 Å². The predicted octanol–water partition coefficient (Wildman–Crippen LogP) is 2.23. The lowest BCUT2D eigenvalue weighted by molar-refractivity contribution is -0.139. The van der Waals surface area contributed by atoms with Crippen LogP contribution in [-0.4, -0.2) is 24.9 Å². The van der Waals surface area contributed by atoms with Gasteiger partial charge in [-0.2, -0.15) is 0 Å². The van der Waals surface area contributed by atoms with Gasteiger partial charge in [0.05, 0.1) is 0 Å². The van der Waals surface area contributed by atoms with Gasteiger partial charge in [0, 0.05) is 13.1 Å². The summed E-state index contributed by atoms with van der Waals surface area (Å²) in [6, 6.07) is 16.0. The Morgan fingerprint density at radius 3 is 2.00 bits per heavy atom. The maximum absolute atomic E-state index is 12.8. The summed E-state index contributed by atoms with van der Waals surface area (Å²) in [5.74, 6) is -1.56. The van der Waals surface area contributed by atoms with Gasteiger partial charge in [0.1, 0.15) is 5.82 Å². The van der Waals surface area contributed by atoms with Crippen LogP contribution < -0.4 is 10.6 Å². The third kappa shape index (κ3) is 6.20. The summed E-state index contributed by atoms with van der Waals surface area (Å²) in [5, 5.41) is 5.17. The highest BCUT2D eigenvalue weighted by Gasteiger charge is 2.11. The van der Waals surface area contributed by atoms with Gasteiger partial charge in [-0.15, -0.1) is 0 Å². The lowest BCUT2D eigenvalue weighted by Gasteiger charge is -2.07. The van der Waals surface area contributed by atoms with E-state index in [2.05, 4.69) is 10.6 Å². The van der Waals surface area contributed by atoms with Gasteiger partial charge in [0.25, 0.3) is 0 Å². The van der Waals surface area contributed by atoms with E-state index in [4.69, 9.17) is 0 Å². The molecule has 2 aromatic carbocycles. The van der Waals surface area contributed by atoms with Crippen molar-refractivity contribution in [2.75, 3.05) is 13.1 Å². The number of aryl methyl sites for hydroxylation is 1. The van der Waals surface area contributed by atoms with Crippen LogP contribution in [0.1, 0.15) is 17.5 Å². The zero-order valence-electron chi connectivity index (χ0n) is 13.4. The number of rotatable bonds is 7. The third-order valence-electron chi connectivity index (χ3n) is 3.59. The lowest BCUT2D eigenvalue weighted by Crippen LogP contribution is -2.41. The highest BCUT2D eigenvalue weighted by Crippen LogP contribution is 2.03. The largest absolute Gasteiger partial charge is 0.348 e. The van der Waals surface area contributed by atoms with Crippen molar-refractivity contribution in [3.63, 3.8) is 0 Å². The van der Waals surface area contributed by atoms with Gasteiger partial charge < -0.3 is 10.6 Å². The van der Waals surface area contributed by atoms with E-state index in [1.165, 1.54) is 17.7 Å². The average molecular weight is 328 g/mol. The van der Waals surface area contributed by atoms with Gasteiger partial charge in [-0.3, -0.25) is 9.59 Å². The lowest BCUT2D eigenvalue weighted by atomic mass is 10.1. The molecule has 0 fully saturated rings. The van der Waals surface area contributed by atoms with Crippen LogP contribution in [0.4, 0.5) is 4.39 Å². The number of carbonyl (C=O) groups excluding carboxylic acids is 2. The molecule has 2 aromatic rings. The Kier molecular flexibility index (Phi) is 6.95. The molecule has 2 N–H and O–H groups in total. The molecule has 0 radical (unpaired) electrons. The third-order valence-corrected chi connectivity index (χ3v) is 3.59. The molecule has 0 unspecified atom stereocenters. The predicted molar refractivity (Wildman–Crippen MR) is 90.9 cm³/mol. The van der Waals surface area contributed by atoms with E-state index in [0.717, 1.165) is 18.4 Å². The topological polar surface area (TPSA) is 58.2 Å². The zero-order valence-corrected chi connectivity index (χ0v) is 13.4. The van der Waals surface area contributed by atoms with Crippen molar-refractivity contribution in [1.82, 2.24) is 10.6 Å².